The molecule has 0 radical (unpaired) electrons. The summed E-state index contributed by atoms with van der Waals surface area (Å²) in [5, 5.41) is 30.3. The van der Waals surface area contributed by atoms with Gasteiger partial charge >= 0.3 is 18.2 Å². The molecule has 6 aliphatic rings. The lowest BCUT2D eigenvalue weighted by Gasteiger charge is -2.41. The van der Waals surface area contributed by atoms with Crippen LogP contribution in [0.25, 0.3) is 0 Å². The van der Waals surface area contributed by atoms with Crippen LogP contribution in [-0.2, 0) is 24.4 Å². The molecule has 6 heterocycles. The van der Waals surface area contributed by atoms with E-state index in [2.05, 4.69) is 162 Å². The van der Waals surface area contributed by atoms with E-state index in [1.807, 2.05) is 43.6 Å². The molecule has 6 fully saturated rings. The molecule has 3 atom stereocenters. The smallest absolute Gasteiger partial charge is 0.410 e. The van der Waals surface area contributed by atoms with E-state index >= 15 is 0 Å². The third-order valence-electron chi connectivity index (χ3n) is 19.3. The molecular weight excluding hydrogens is 1310 g/mol. The van der Waals surface area contributed by atoms with Crippen molar-refractivity contribution in [2.45, 2.75) is 143 Å². The van der Waals surface area contributed by atoms with Gasteiger partial charge in [-0.15, -0.1) is 0 Å². The van der Waals surface area contributed by atoms with Crippen LogP contribution >= 0.6 is 15.9 Å². The van der Waals surface area contributed by atoms with E-state index in [9.17, 15) is 23.2 Å². The number of halogens is 3. The van der Waals surface area contributed by atoms with E-state index in [1.165, 1.54) is 106 Å². The van der Waals surface area contributed by atoms with E-state index in [0.29, 0.717) is 42.6 Å². The van der Waals surface area contributed by atoms with E-state index in [4.69, 9.17) is 21.0 Å². The summed E-state index contributed by atoms with van der Waals surface area (Å²) in [4.78, 5) is 52.0. The van der Waals surface area contributed by atoms with E-state index in [1.54, 1.807) is 29.2 Å². The normalized spacial score (nSPS) is 19.7. The number of piperidine rings is 3. The standard InChI is InChI=1S/C27H34FN5O.C20H32N4O.C14H22N2.C10H20N2O2.C7H3BrFN/c1-21-19-32(25-7-8-26(28)24(17-25)18-29)15-16-33(21)27(34)30-12-9-22-10-13-31(14-11-22)20-23-5-3-2-4-6-23;1-17-15-21-11-14-24(17)20(25)22-10-7-18-8-12-23(13-9-18)16-19-5-3-2-4-6-19;15-9-6-13-7-10-16(11-8-13)12-14-4-2-1-3-5-14;1-8-7-12(6-5-11-8)9(13)14-10(2,3)4;8-6-1-2-7(9)5(3-6)4-10/h2-8,17,21-22H,9-16,19-20H2,1H3,(H,30,34);2-6,17-18,21H,7-16H2,1H3,(H,22,25);1-5,13H,6-12,15H2;8,11H,5-7H2,1-4H3;1-3H/t21-;17-;;8-;/m11.1./s1. The first-order chi connectivity index (χ1) is 47.8. The van der Waals surface area contributed by atoms with Gasteiger partial charge in [-0.05, 0) is 216 Å². The first-order valence-corrected chi connectivity index (χ1v) is 36.8. The average molecular weight is 1430 g/mol. The molecule has 99 heavy (non-hydrogen) atoms. The molecule has 0 aliphatic carbocycles. The number of nitrogens with zero attached hydrogens (tertiary/aromatic N) is 9. The molecule has 11 rings (SSSR count). The summed E-state index contributed by atoms with van der Waals surface area (Å²) < 4.78 is 32.2. The highest BCUT2D eigenvalue weighted by molar-refractivity contribution is 9.10. The van der Waals surface area contributed by atoms with Crippen molar-refractivity contribution in [1.29, 1.82) is 10.5 Å². The number of nitrogens with two attached hydrogens (primary N) is 1. The number of urea groups is 2. The summed E-state index contributed by atoms with van der Waals surface area (Å²) >= 11 is 3.12. The molecule has 0 spiro atoms. The van der Waals surface area contributed by atoms with Crippen LogP contribution in [0.5, 0.6) is 0 Å². The monoisotopic (exact) mass is 1420 g/mol. The minimum Gasteiger partial charge on any atom is -0.444 e. The lowest BCUT2D eigenvalue weighted by Crippen LogP contribution is -2.56. The molecular formula is C78H111BrF2N14O4. The van der Waals surface area contributed by atoms with Crippen LogP contribution in [0, 0.1) is 52.1 Å². The van der Waals surface area contributed by atoms with Crippen LogP contribution in [-0.4, -0.2) is 189 Å². The van der Waals surface area contributed by atoms with E-state index in [-0.39, 0.29) is 41.4 Å². The number of hydrogen-bond acceptors (Lipinski definition) is 13. The van der Waals surface area contributed by atoms with Crippen molar-refractivity contribution in [3.8, 4) is 12.1 Å². The first-order valence-electron chi connectivity index (χ1n) is 36.1. The number of carbonyl (C=O) groups is 3. The predicted molar refractivity (Wildman–Crippen MR) is 396 cm³/mol. The number of anilines is 1. The third-order valence-corrected chi connectivity index (χ3v) is 19.7. The highest BCUT2D eigenvalue weighted by Gasteiger charge is 2.30. The fourth-order valence-corrected chi connectivity index (χ4v) is 13.8. The molecule has 0 bridgehead atoms. The molecule has 0 aromatic heterocycles. The van der Waals surface area contributed by atoms with Gasteiger partial charge in [0.05, 0.1) is 11.1 Å². The molecule has 5 aromatic rings. The van der Waals surface area contributed by atoms with Crippen LogP contribution in [0.4, 0.5) is 28.9 Å². The van der Waals surface area contributed by atoms with Crippen molar-refractivity contribution in [3.05, 3.63) is 171 Å². The van der Waals surface area contributed by atoms with Crippen molar-refractivity contribution in [2.24, 2.45) is 23.5 Å². The number of benzene rings is 5. The fraction of sp³-hybridized carbons (Fsp3) is 0.551. The second kappa shape index (κ2) is 42.1. The molecule has 6 aliphatic heterocycles. The summed E-state index contributed by atoms with van der Waals surface area (Å²) in [7, 11) is 0. The van der Waals surface area contributed by atoms with E-state index in [0.717, 1.165) is 115 Å². The Morgan fingerprint density at radius 2 is 1.03 bits per heavy atom. The highest BCUT2D eigenvalue weighted by atomic mass is 79.9. The fourth-order valence-electron chi connectivity index (χ4n) is 13.5. The predicted octanol–water partition coefficient (Wildman–Crippen LogP) is 12.4. The summed E-state index contributed by atoms with van der Waals surface area (Å²) in [5.41, 5.74) is 10.3. The van der Waals surface area contributed by atoms with Crippen LogP contribution in [0.2, 0.25) is 0 Å². The number of likely N-dealkylation sites (tertiary alicyclic amines) is 3. The Morgan fingerprint density at radius 1 is 0.576 bits per heavy atom. The van der Waals surface area contributed by atoms with Gasteiger partial charge in [0.15, 0.2) is 0 Å². The van der Waals surface area contributed by atoms with Gasteiger partial charge in [-0.1, -0.05) is 107 Å². The Balaban J connectivity index is 0.000000186. The van der Waals surface area contributed by atoms with Gasteiger partial charge in [0.2, 0.25) is 0 Å². The maximum absolute atomic E-state index is 13.6. The minimum atomic E-state index is -0.501. The van der Waals surface area contributed by atoms with Gasteiger partial charge < -0.3 is 51.3 Å². The number of nitrogens with one attached hydrogen (secondary N) is 4. The SMILES string of the molecule is C[C@@H]1CN(C(=O)OC(C)(C)C)CCN1.C[C@@H]1CN(c2ccc(F)c(C#N)c2)CCN1C(=O)NCCC1CCN(Cc2ccccc2)CC1.C[C@@H]1CNCCN1C(=O)NCCC1CCN(Cc2ccccc2)CC1.N#Cc1cc(Br)ccc1F.NCCC1CCN(Cc2ccccc2)CC1. The zero-order valence-corrected chi connectivity index (χ0v) is 61.3. The number of ether oxygens (including phenoxy) is 1. The zero-order chi connectivity index (χ0) is 70.9. The Kier molecular flexibility index (Phi) is 33.7. The molecule has 18 nitrogen and oxygen atoms in total. The summed E-state index contributed by atoms with van der Waals surface area (Å²) in [5.74, 6) is 1.30. The first kappa shape index (κ1) is 79.1. The molecule has 21 heteroatoms. The van der Waals surface area contributed by atoms with Gasteiger partial charge in [-0.25, -0.2) is 23.2 Å². The van der Waals surface area contributed by atoms with Crippen molar-refractivity contribution < 1.29 is 27.9 Å². The number of amides is 5. The molecule has 538 valence electrons. The Labute approximate surface area is 598 Å². The number of nitriles is 2. The number of piperazine rings is 3. The molecule has 5 aromatic carbocycles. The quantitative estimate of drug-likeness (QED) is 0.0663. The third kappa shape index (κ3) is 28.4. The summed E-state index contributed by atoms with van der Waals surface area (Å²) in [6, 6.07) is 45.4. The Morgan fingerprint density at radius 3 is 1.45 bits per heavy atom. The van der Waals surface area contributed by atoms with E-state index < -0.39 is 17.2 Å². The highest BCUT2D eigenvalue weighted by Crippen LogP contribution is 2.26. The zero-order valence-electron chi connectivity index (χ0n) is 59.7. The van der Waals surface area contributed by atoms with Crippen LogP contribution in [0.15, 0.2) is 132 Å². The van der Waals surface area contributed by atoms with Crippen molar-refractivity contribution in [3.63, 3.8) is 0 Å². The largest absolute Gasteiger partial charge is 0.444 e. The van der Waals surface area contributed by atoms with Crippen LogP contribution in [0.3, 0.4) is 0 Å². The number of carbonyl (C=O) groups excluding carboxylic acids is 3. The van der Waals surface area contributed by atoms with Crippen LogP contribution < -0.4 is 31.9 Å². The lowest BCUT2D eigenvalue weighted by atomic mass is 9.93. The Bertz CT molecular complexity index is 3260. The van der Waals surface area contributed by atoms with Gasteiger partial charge in [0, 0.05) is 120 Å². The second-order valence-electron chi connectivity index (χ2n) is 28.3. The number of hydrogen-bond donors (Lipinski definition) is 5. The van der Waals surface area contributed by atoms with Gasteiger partial charge in [0.1, 0.15) is 29.4 Å². The topological polar surface area (TPSA) is 205 Å². The molecule has 5 amide bonds. The minimum absolute atomic E-state index is 0.00881. The lowest BCUT2D eigenvalue weighted by molar-refractivity contribution is 0.0201. The summed E-state index contributed by atoms with van der Waals surface area (Å²) in [6.45, 7) is 31.3. The van der Waals surface area contributed by atoms with Gasteiger partial charge in [-0.3, -0.25) is 14.7 Å². The van der Waals surface area contributed by atoms with Gasteiger partial charge in [0.25, 0.3) is 0 Å². The van der Waals surface area contributed by atoms with Crippen molar-refractivity contribution in [2.75, 3.05) is 123 Å². The molecule has 6 N–H and O–H groups in total. The maximum Gasteiger partial charge on any atom is 0.410 e. The molecule has 0 unspecified atom stereocenters. The maximum atomic E-state index is 13.6. The van der Waals surface area contributed by atoms with Crippen molar-refractivity contribution >= 4 is 39.8 Å². The Hall–Kier alpha value is -7.21. The molecule has 6 saturated heterocycles. The molecule has 0 saturated carbocycles. The second-order valence-corrected chi connectivity index (χ2v) is 29.2. The summed E-state index contributed by atoms with van der Waals surface area (Å²) in [6.07, 6.45) is 10.6. The number of rotatable bonds is 15. The van der Waals surface area contributed by atoms with Crippen molar-refractivity contribution in [1.82, 2.24) is 50.7 Å². The van der Waals surface area contributed by atoms with Gasteiger partial charge in [-0.2, -0.15) is 10.5 Å². The van der Waals surface area contributed by atoms with Crippen LogP contribution in [0.1, 0.15) is 127 Å². The average Bonchev–Trinajstić information content (AvgIpc) is 0.843.